The van der Waals surface area contributed by atoms with Crippen LogP contribution in [0.25, 0.3) is 0 Å². The number of piperazine rings is 1. The summed E-state index contributed by atoms with van der Waals surface area (Å²) in [4.78, 5) is 22.9. The lowest BCUT2D eigenvalue weighted by molar-refractivity contribution is -0.145. The first-order valence-corrected chi connectivity index (χ1v) is 10.2. The van der Waals surface area contributed by atoms with Crippen molar-refractivity contribution in [2.75, 3.05) is 26.2 Å². The molecule has 0 radical (unpaired) electrons. The van der Waals surface area contributed by atoms with Crippen LogP contribution in [0.15, 0.2) is 6.07 Å². The van der Waals surface area contributed by atoms with Crippen molar-refractivity contribution in [3.8, 4) is 0 Å². The van der Waals surface area contributed by atoms with Gasteiger partial charge in [0.05, 0.1) is 12.6 Å². The van der Waals surface area contributed by atoms with Crippen LogP contribution in [0.2, 0.25) is 5.15 Å². The smallest absolute Gasteiger partial charge is 0.444 e. The van der Waals surface area contributed by atoms with Gasteiger partial charge in [-0.2, -0.15) is 13.2 Å². The van der Waals surface area contributed by atoms with Gasteiger partial charge < -0.3 is 14.7 Å². The molecule has 11 heteroatoms. The number of carbonyl (C=O) groups excluding carboxylic acids is 1. The number of nitrogens with zero attached hydrogens (tertiary/aromatic N) is 4. The SMILES string of the molecule is CC(C)(C)OC(=O)N1CCN([C@H]2C[C@@H](c3cc(Cl)nc(C(F)(F)F)n3)C2)[C@@H](CO)C1. The number of alkyl halides is 3. The van der Waals surface area contributed by atoms with Crippen molar-refractivity contribution in [3.63, 3.8) is 0 Å². The van der Waals surface area contributed by atoms with E-state index in [1.165, 1.54) is 6.07 Å². The van der Waals surface area contributed by atoms with E-state index >= 15 is 0 Å². The minimum Gasteiger partial charge on any atom is -0.444 e. The van der Waals surface area contributed by atoms with Gasteiger partial charge >= 0.3 is 12.3 Å². The normalized spacial score (nSPS) is 25.7. The largest absolute Gasteiger partial charge is 0.451 e. The highest BCUT2D eigenvalue weighted by Crippen LogP contribution is 2.41. The quantitative estimate of drug-likeness (QED) is 0.712. The molecule has 0 spiro atoms. The van der Waals surface area contributed by atoms with Gasteiger partial charge in [-0.1, -0.05) is 11.6 Å². The minimum atomic E-state index is -4.65. The number of amides is 1. The van der Waals surface area contributed by atoms with Crippen molar-refractivity contribution in [3.05, 3.63) is 22.7 Å². The van der Waals surface area contributed by atoms with E-state index in [-0.39, 0.29) is 35.5 Å². The van der Waals surface area contributed by atoms with Gasteiger partial charge in [-0.15, -0.1) is 0 Å². The zero-order valence-electron chi connectivity index (χ0n) is 17.1. The number of carbonyl (C=O) groups is 1. The summed E-state index contributed by atoms with van der Waals surface area (Å²) in [5, 5.41) is 9.60. The van der Waals surface area contributed by atoms with Gasteiger partial charge in [-0.25, -0.2) is 14.8 Å². The van der Waals surface area contributed by atoms with E-state index < -0.39 is 23.7 Å². The van der Waals surface area contributed by atoms with E-state index in [1.807, 2.05) is 0 Å². The number of halogens is 4. The Bertz CT molecular complexity index is 781. The van der Waals surface area contributed by atoms with E-state index in [0.717, 1.165) is 0 Å². The molecule has 168 valence electrons. The van der Waals surface area contributed by atoms with Crippen LogP contribution >= 0.6 is 11.6 Å². The van der Waals surface area contributed by atoms with Gasteiger partial charge in [0.2, 0.25) is 5.82 Å². The van der Waals surface area contributed by atoms with E-state index in [2.05, 4.69) is 14.9 Å². The summed E-state index contributed by atoms with van der Waals surface area (Å²) < 4.78 is 44.2. The second-order valence-electron chi connectivity index (χ2n) is 8.76. The highest BCUT2D eigenvalue weighted by molar-refractivity contribution is 6.29. The summed E-state index contributed by atoms with van der Waals surface area (Å²) in [5.41, 5.74) is -0.315. The lowest BCUT2D eigenvalue weighted by Gasteiger charge is -2.49. The van der Waals surface area contributed by atoms with Gasteiger partial charge in [0, 0.05) is 37.3 Å². The molecule has 1 N–H and O–H groups in total. The molecule has 2 heterocycles. The molecule has 30 heavy (non-hydrogen) atoms. The maximum absolute atomic E-state index is 12.9. The van der Waals surface area contributed by atoms with Gasteiger partial charge in [0.15, 0.2) is 0 Å². The number of ether oxygens (including phenoxy) is 1. The first-order chi connectivity index (χ1) is 13.9. The number of aliphatic hydroxyl groups is 1. The second-order valence-corrected chi connectivity index (χ2v) is 9.15. The number of hydrogen-bond acceptors (Lipinski definition) is 6. The average Bonchev–Trinajstić information content (AvgIpc) is 2.58. The van der Waals surface area contributed by atoms with Crippen LogP contribution in [0.1, 0.15) is 51.0 Å². The molecular formula is C19H26ClF3N4O3. The second kappa shape index (κ2) is 8.47. The van der Waals surface area contributed by atoms with Crippen molar-refractivity contribution in [1.29, 1.82) is 0 Å². The van der Waals surface area contributed by atoms with E-state index in [4.69, 9.17) is 16.3 Å². The molecule has 7 nitrogen and oxygen atoms in total. The molecule has 0 aromatic carbocycles. The third kappa shape index (κ3) is 5.33. The zero-order valence-corrected chi connectivity index (χ0v) is 17.9. The van der Waals surface area contributed by atoms with Crippen LogP contribution in [-0.4, -0.2) is 74.9 Å². The molecule has 0 unspecified atom stereocenters. The third-order valence-corrected chi connectivity index (χ3v) is 5.55. The zero-order chi connectivity index (χ0) is 22.3. The van der Waals surface area contributed by atoms with Crippen LogP contribution < -0.4 is 0 Å². The summed E-state index contributed by atoms with van der Waals surface area (Å²) in [6.07, 6.45) is -3.85. The predicted molar refractivity (Wildman–Crippen MR) is 103 cm³/mol. The Morgan fingerprint density at radius 3 is 2.50 bits per heavy atom. The Balaban J connectivity index is 1.61. The summed E-state index contributed by atoms with van der Waals surface area (Å²) in [5.74, 6) is -1.38. The van der Waals surface area contributed by atoms with Crippen molar-refractivity contribution in [1.82, 2.24) is 19.8 Å². The molecule has 2 aliphatic rings. The number of hydrogen-bond donors (Lipinski definition) is 1. The summed E-state index contributed by atoms with van der Waals surface area (Å²) in [6, 6.07) is 1.22. The lowest BCUT2D eigenvalue weighted by Crippen LogP contribution is -2.61. The van der Waals surface area contributed by atoms with E-state index in [9.17, 15) is 23.1 Å². The van der Waals surface area contributed by atoms with Crippen LogP contribution in [-0.2, 0) is 10.9 Å². The molecule has 3 rings (SSSR count). The summed E-state index contributed by atoms with van der Waals surface area (Å²) in [7, 11) is 0. The van der Waals surface area contributed by atoms with Gasteiger partial charge in [0.25, 0.3) is 0 Å². The molecule has 1 aliphatic carbocycles. The van der Waals surface area contributed by atoms with Crippen molar-refractivity contribution < 1.29 is 27.8 Å². The van der Waals surface area contributed by atoms with E-state index in [1.54, 1.807) is 25.7 Å². The predicted octanol–water partition coefficient (Wildman–Crippen LogP) is 3.31. The topological polar surface area (TPSA) is 78.8 Å². The standard InChI is InChI=1S/C19H26ClF3N4O3/c1-18(2,3)30-17(29)26-4-5-27(13(9-26)10-28)12-6-11(7-12)14-8-15(20)25-16(24-14)19(21,22)23/h8,11-13,28H,4-7,9-10H2,1-3H3/t11-,12+,13-/m1/s1. The van der Waals surface area contributed by atoms with Crippen LogP contribution in [0.5, 0.6) is 0 Å². The Morgan fingerprint density at radius 1 is 1.27 bits per heavy atom. The molecular weight excluding hydrogens is 425 g/mol. The molecule has 2 fully saturated rings. The maximum Gasteiger partial charge on any atom is 0.451 e. The monoisotopic (exact) mass is 450 g/mol. The molecule has 1 aromatic heterocycles. The maximum atomic E-state index is 12.9. The Morgan fingerprint density at radius 2 is 1.93 bits per heavy atom. The van der Waals surface area contributed by atoms with Gasteiger partial charge in [-0.05, 0) is 39.7 Å². The highest BCUT2D eigenvalue weighted by atomic mass is 35.5. The van der Waals surface area contributed by atoms with Crippen molar-refractivity contribution in [2.24, 2.45) is 0 Å². The number of aromatic nitrogens is 2. The fourth-order valence-electron chi connectivity index (χ4n) is 3.88. The van der Waals surface area contributed by atoms with Crippen LogP contribution in [0.3, 0.4) is 0 Å². The number of aliphatic hydroxyl groups excluding tert-OH is 1. The van der Waals surface area contributed by atoms with Crippen molar-refractivity contribution >= 4 is 17.7 Å². The van der Waals surface area contributed by atoms with Crippen LogP contribution in [0, 0.1) is 0 Å². The average molecular weight is 451 g/mol. The molecule has 1 atom stereocenters. The lowest BCUT2D eigenvalue weighted by atomic mass is 9.76. The minimum absolute atomic E-state index is 0.0935. The first-order valence-electron chi connectivity index (χ1n) is 9.83. The summed E-state index contributed by atoms with van der Waals surface area (Å²) >= 11 is 5.76. The first kappa shape index (κ1) is 23.0. The fraction of sp³-hybridized carbons (Fsp3) is 0.737. The summed E-state index contributed by atoms with van der Waals surface area (Å²) in [6.45, 7) is 6.61. The molecule has 1 saturated carbocycles. The molecule has 1 aliphatic heterocycles. The Labute approximate surface area is 178 Å². The highest BCUT2D eigenvalue weighted by Gasteiger charge is 2.42. The molecule has 1 amide bonds. The number of rotatable bonds is 3. The Kier molecular flexibility index (Phi) is 6.50. The van der Waals surface area contributed by atoms with Crippen LogP contribution in [0.4, 0.5) is 18.0 Å². The molecule has 1 saturated heterocycles. The van der Waals surface area contributed by atoms with Gasteiger partial charge in [0.1, 0.15) is 10.8 Å². The van der Waals surface area contributed by atoms with Gasteiger partial charge in [-0.3, -0.25) is 4.90 Å². The third-order valence-electron chi connectivity index (χ3n) is 5.36. The van der Waals surface area contributed by atoms with E-state index in [0.29, 0.717) is 32.5 Å². The van der Waals surface area contributed by atoms with Crippen molar-refractivity contribution in [2.45, 2.75) is 63.4 Å². The Hall–Kier alpha value is -1.65. The fourth-order valence-corrected chi connectivity index (χ4v) is 4.07. The molecule has 1 aromatic rings. The molecule has 0 bridgehead atoms.